The number of benzene rings is 2. The van der Waals surface area contributed by atoms with Crippen molar-refractivity contribution in [1.29, 1.82) is 0 Å². The molecular weight excluding hydrogens is 270 g/mol. The van der Waals surface area contributed by atoms with Crippen LogP contribution in [0.1, 0.15) is 16.2 Å². The topological polar surface area (TPSA) is 61.6 Å². The number of Topliss-reactive ketones (excluding diaryl/α,β-unsaturated/α-hetero) is 1. The number of hydrogen-bond acceptors (Lipinski definition) is 5. The van der Waals surface area contributed by atoms with E-state index in [1.165, 1.54) is 0 Å². The maximum Gasteiger partial charge on any atom is 0.231 e. The molecule has 4 rings (SSSR count). The van der Waals surface area contributed by atoms with Gasteiger partial charge in [-0.05, 0) is 30.3 Å². The molecule has 0 bridgehead atoms. The van der Waals surface area contributed by atoms with Crippen molar-refractivity contribution in [3.8, 4) is 11.5 Å². The van der Waals surface area contributed by atoms with E-state index < -0.39 is 0 Å². The first-order valence-corrected chi connectivity index (χ1v) is 6.57. The molecule has 0 unspecified atom stereocenters. The van der Waals surface area contributed by atoms with Gasteiger partial charge < -0.3 is 13.9 Å². The first kappa shape index (κ1) is 12.0. The molecule has 21 heavy (non-hydrogen) atoms. The van der Waals surface area contributed by atoms with Crippen LogP contribution in [0.5, 0.6) is 11.5 Å². The lowest BCUT2D eigenvalue weighted by Crippen LogP contribution is -2.03. The Morgan fingerprint density at radius 2 is 1.95 bits per heavy atom. The minimum atomic E-state index is -0.0696. The fraction of sp³-hybridized carbons (Fsp3) is 0.125. The zero-order valence-corrected chi connectivity index (χ0v) is 11.0. The molecule has 3 aromatic rings. The Morgan fingerprint density at radius 3 is 2.86 bits per heavy atom. The Hall–Kier alpha value is -2.82. The molecule has 5 nitrogen and oxygen atoms in total. The second kappa shape index (κ2) is 4.63. The number of para-hydroxylation sites is 2. The fourth-order valence-electron chi connectivity index (χ4n) is 2.30. The molecule has 0 N–H and O–H groups in total. The maximum absolute atomic E-state index is 12.3. The normalized spacial score (nSPS) is 12.8. The quantitative estimate of drug-likeness (QED) is 0.691. The SMILES string of the molecule is O=C(Cc1nc2ccccc2o1)c1ccc2c(c1)OCO2. The molecule has 0 saturated heterocycles. The predicted molar refractivity (Wildman–Crippen MR) is 74.6 cm³/mol. The maximum atomic E-state index is 12.3. The molecule has 0 fully saturated rings. The van der Waals surface area contributed by atoms with Crippen LogP contribution in [-0.4, -0.2) is 17.6 Å². The largest absolute Gasteiger partial charge is 0.454 e. The molecule has 1 aliphatic rings. The third-order valence-corrected chi connectivity index (χ3v) is 3.34. The van der Waals surface area contributed by atoms with E-state index in [-0.39, 0.29) is 19.0 Å². The lowest BCUT2D eigenvalue weighted by atomic mass is 10.1. The Balaban J connectivity index is 1.60. The first-order valence-electron chi connectivity index (χ1n) is 6.57. The average Bonchev–Trinajstić information content (AvgIpc) is 3.11. The molecule has 2 aromatic carbocycles. The highest BCUT2D eigenvalue weighted by Crippen LogP contribution is 2.32. The molecule has 0 saturated carbocycles. The van der Waals surface area contributed by atoms with Crippen LogP contribution < -0.4 is 9.47 Å². The third kappa shape index (κ3) is 2.12. The third-order valence-electron chi connectivity index (χ3n) is 3.34. The monoisotopic (exact) mass is 281 g/mol. The van der Waals surface area contributed by atoms with Crippen LogP contribution in [0.15, 0.2) is 46.9 Å². The summed E-state index contributed by atoms with van der Waals surface area (Å²) in [6.45, 7) is 0.193. The van der Waals surface area contributed by atoms with Gasteiger partial charge in [-0.1, -0.05) is 12.1 Å². The first-order chi connectivity index (χ1) is 10.3. The number of fused-ring (bicyclic) bond motifs is 2. The van der Waals surface area contributed by atoms with Crippen molar-refractivity contribution in [2.75, 3.05) is 6.79 Å². The minimum Gasteiger partial charge on any atom is -0.454 e. The molecule has 0 radical (unpaired) electrons. The molecule has 5 heteroatoms. The number of rotatable bonds is 3. The zero-order chi connectivity index (χ0) is 14.2. The highest BCUT2D eigenvalue weighted by Gasteiger charge is 2.18. The van der Waals surface area contributed by atoms with Crippen molar-refractivity contribution >= 4 is 16.9 Å². The number of carbonyl (C=O) groups excluding carboxylic acids is 1. The van der Waals surface area contributed by atoms with Crippen molar-refractivity contribution in [1.82, 2.24) is 4.98 Å². The average molecular weight is 281 g/mol. The molecule has 104 valence electrons. The Kier molecular flexibility index (Phi) is 2.64. The van der Waals surface area contributed by atoms with E-state index in [4.69, 9.17) is 13.9 Å². The summed E-state index contributed by atoms with van der Waals surface area (Å²) in [4.78, 5) is 16.6. The van der Waals surface area contributed by atoms with Gasteiger partial charge in [-0.25, -0.2) is 4.98 Å². The van der Waals surface area contributed by atoms with Crippen LogP contribution in [-0.2, 0) is 6.42 Å². The molecular formula is C16H11NO4. The number of nitrogens with zero attached hydrogens (tertiary/aromatic N) is 1. The van der Waals surface area contributed by atoms with Crippen molar-refractivity contribution in [3.05, 3.63) is 53.9 Å². The second-order valence-electron chi connectivity index (χ2n) is 4.74. The summed E-state index contributed by atoms with van der Waals surface area (Å²) >= 11 is 0. The van der Waals surface area contributed by atoms with Gasteiger partial charge in [0.25, 0.3) is 0 Å². The van der Waals surface area contributed by atoms with E-state index >= 15 is 0 Å². The van der Waals surface area contributed by atoms with E-state index in [2.05, 4.69) is 4.98 Å². The summed E-state index contributed by atoms with van der Waals surface area (Å²) in [5.74, 6) is 1.60. The second-order valence-corrected chi connectivity index (χ2v) is 4.74. The smallest absolute Gasteiger partial charge is 0.231 e. The number of aromatic nitrogens is 1. The van der Waals surface area contributed by atoms with Crippen LogP contribution >= 0.6 is 0 Å². The lowest BCUT2D eigenvalue weighted by molar-refractivity contribution is 0.0985. The standard InChI is InChI=1S/C16H11NO4/c18-12(10-5-6-14-15(7-10)20-9-19-14)8-16-17-11-3-1-2-4-13(11)21-16/h1-7H,8-9H2. The van der Waals surface area contributed by atoms with Crippen LogP contribution in [0, 0.1) is 0 Å². The fourth-order valence-corrected chi connectivity index (χ4v) is 2.30. The van der Waals surface area contributed by atoms with Gasteiger partial charge in [0.15, 0.2) is 22.9 Å². The summed E-state index contributed by atoms with van der Waals surface area (Å²) < 4.78 is 16.1. The van der Waals surface area contributed by atoms with E-state index in [0.717, 1.165) is 5.52 Å². The highest BCUT2D eigenvalue weighted by atomic mass is 16.7. The number of carbonyl (C=O) groups is 1. The van der Waals surface area contributed by atoms with E-state index in [0.29, 0.717) is 28.5 Å². The van der Waals surface area contributed by atoms with E-state index in [1.54, 1.807) is 18.2 Å². The summed E-state index contributed by atoms with van der Waals surface area (Å²) in [5.41, 5.74) is 2.00. The van der Waals surface area contributed by atoms with Crippen LogP contribution in [0.2, 0.25) is 0 Å². The predicted octanol–water partition coefficient (Wildman–Crippen LogP) is 2.98. The number of oxazole rings is 1. The summed E-state index contributed by atoms with van der Waals surface area (Å²) in [5, 5.41) is 0. The molecule has 1 aromatic heterocycles. The summed E-state index contributed by atoms with van der Waals surface area (Å²) in [7, 11) is 0. The van der Waals surface area contributed by atoms with Gasteiger partial charge >= 0.3 is 0 Å². The molecule has 0 spiro atoms. The van der Waals surface area contributed by atoms with Crippen LogP contribution in [0.4, 0.5) is 0 Å². The molecule has 0 aliphatic carbocycles. The molecule has 0 amide bonds. The van der Waals surface area contributed by atoms with Gasteiger partial charge in [0.1, 0.15) is 5.52 Å². The van der Waals surface area contributed by atoms with Gasteiger partial charge in [0, 0.05) is 5.56 Å². The Labute approximate surface area is 120 Å². The summed E-state index contributed by atoms with van der Waals surface area (Å²) in [6, 6.07) is 12.6. The van der Waals surface area contributed by atoms with Crippen LogP contribution in [0.3, 0.4) is 0 Å². The van der Waals surface area contributed by atoms with Gasteiger partial charge in [-0.3, -0.25) is 4.79 Å². The Bertz CT molecular complexity index is 804. The van der Waals surface area contributed by atoms with Crippen molar-refractivity contribution in [3.63, 3.8) is 0 Å². The number of hydrogen-bond donors (Lipinski definition) is 0. The summed E-state index contributed by atoms with van der Waals surface area (Å²) in [6.07, 6.45) is 0.119. The molecule has 2 heterocycles. The van der Waals surface area contributed by atoms with Gasteiger partial charge in [-0.2, -0.15) is 0 Å². The Morgan fingerprint density at radius 1 is 1.10 bits per heavy atom. The van der Waals surface area contributed by atoms with Gasteiger partial charge in [0.05, 0.1) is 6.42 Å². The van der Waals surface area contributed by atoms with E-state index in [1.807, 2.05) is 24.3 Å². The molecule has 1 aliphatic heterocycles. The van der Waals surface area contributed by atoms with Gasteiger partial charge in [0.2, 0.25) is 12.7 Å². The van der Waals surface area contributed by atoms with Crippen molar-refractivity contribution in [2.45, 2.75) is 6.42 Å². The zero-order valence-electron chi connectivity index (χ0n) is 11.0. The number of ketones is 1. The van der Waals surface area contributed by atoms with E-state index in [9.17, 15) is 4.79 Å². The van der Waals surface area contributed by atoms with Crippen LogP contribution in [0.25, 0.3) is 11.1 Å². The highest BCUT2D eigenvalue weighted by molar-refractivity contribution is 5.97. The minimum absolute atomic E-state index is 0.0696. The van der Waals surface area contributed by atoms with Gasteiger partial charge in [-0.15, -0.1) is 0 Å². The number of ether oxygens (including phenoxy) is 2. The van der Waals surface area contributed by atoms with Crippen molar-refractivity contribution < 1.29 is 18.7 Å². The van der Waals surface area contributed by atoms with Crippen molar-refractivity contribution in [2.24, 2.45) is 0 Å². The lowest BCUT2D eigenvalue weighted by Gasteiger charge is -2.00. The molecule has 0 atom stereocenters.